The minimum absolute atomic E-state index is 0.00233. The first-order chi connectivity index (χ1) is 30.9. The van der Waals surface area contributed by atoms with E-state index >= 15 is 0 Å². The number of carbonyl (C=O) groups is 10. The minimum atomic E-state index is -1.75. The third kappa shape index (κ3) is 20.0. The number of hydrogen-bond acceptors (Lipinski definition) is 12. The fourth-order valence-corrected chi connectivity index (χ4v) is 6.94. The number of primary amides is 1. The molecule has 0 spiro atoms. The summed E-state index contributed by atoms with van der Waals surface area (Å²) in [4.78, 5) is 134. The smallest absolute Gasteiger partial charge is 0.305 e. The maximum atomic E-state index is 14.2. The molecule has 67 heavy (non-hydrogen) atoms. The summed E-state index contributed by atoms with van der Waals surface area (Å²) in [6, 6.07) is -8.32. The van der Waals surface area contributed by atoms with Gasteiger partial charge in [-0.3, -0.25) is 47.9 Å². The molecule has 0 bridgehead atoms. The van der Waals surface area contributed by atoms with Crippen LogP contribution < -0.4 is 54.0 Å². The second-order valence-corrected chi connectivity index (χ2v) is 19.4. The van der Waals surface area contributed by atoms with E-state index in [0.717, 1.165) is 0 Å². The van der Waals surface area contributed by atoms with E-state index in [1.807, 2.05) is 6.08 Å². The van der Waals surface area contributed by atoms with Gasteiger partial charge in [-0.1, -0.05) is 46.3 Å². The van der Waals surface area contributed by atoms with Crippen LogP contribution in [0.25, 0.3) is 0 Å². The summed E-state index contributed by atoms with van der Waals surface area (Å²) in [6.45, 7) is 17.6. The van der Waals surface area contributed by atoms with Crippen LogP contribution in [0.3, 0.4) is 0 Å². The molecule has 0 aromatic carbocycles. The standard InChI is InChI=1S/C45H78N10O12/c1-12-25(4)34-39(64)50-29(23-31(58)59)37(62)55-45(11,42(67)52-33(24(2)3)40(65)53-43(7,8)9)22-18-16-14-13-15-17-21-44(10,41(66)48-26(5)35(60)51-34)54-36(61)28(19-20-30(46)57)49-38(63)32(47)27(6)56/h13-14,24-29,32-34,56H,12,15-23,47H2,1-11H3,(H2,46,57)(H,48,66)(H,49,63)(H,50,64)(H,51,60)(H,52,67)(H,53,65)(H,54,61)(H,55,62)(H,58,59)/b14-13+/t25-,26-,27+,28-,29-,32+,33?,34-,44-,45-/m0/s1. The molecule has 1 aliphatic rings. The van der Waals surface area contributed by atoms with Crippen molar-refractivity contribution in [3.8, 4) is 0 Å². The van der Waals surface area contributed by atoms with Crippen LogP contribution in [-0.2, 0) is 47.9 Å². The zero-order chi connectivity index (χ0) is 51.6. The first kappa shape index (κ1) is 59.4. The van der Waals surface area contributed by atoms with E-state index in [-0.39, 0.29) is 38.0 Å². The summed E-state index contributed by atoms with van der Waals surface area (Å²) in [5, 5.41) is 40.6. The molecular formula is C45H78N10O12. The number of carboxylic acids is 1. The highest BCUT2D eigenvalue weighted by molar-refractivity contribution is 6.00. The van der Waals surface area contributed by atoms with Crippen LogP contribution in [0.2, 0.25) is 0 Å². The molecule has 22 heteroatoms. The molecule has 10 atom stereocenters. The van der Waals surface area contributed by atoms with Gasteiger partial charge < -0.3 is 64.2 Å². The highest BCUT2D eigenvalue weighted by Gasteiger charge is 2.42. The predicted octanol–water partition coefficient (Wildman–Crippen LogP) is -0.844. The topological polar surface area (TPSA) is 359 Å². The van der Waals surface area contributed by atoms with Crippen molar-refractivity contribution in [2.75, 3.05) is 0 Å². The number of amides is 9. The molecule has 0 radical (unpaired) electrons. The maximum Gasteiger partial charge on any atom is 0.305 e. The Labute approximate surface area is 393 Å². The Hall–Kier alpha value is -5.64. The molecule has 1 rings (SSSR count). The lowest BCUT2D eigenvalue weighted by molar-refractivity contribution is -0.143. The summed E-state index contributed by atoms with van der Waals surface area (Å²) < 4.78 is 0. The van der Waals surface area contributed by atoms with Gasteiger partial charge in [0, 0.05) is 12.0 Å². The number of aliphatic hydroxyl groups is 1. The number of allylic oxidation sites excluding steroid dienone is 2. The lowest BCUT2D eigenvalue weighted by Crippen LogP contribution is -2.65. The van der Waals surface area contributed by atoms with E-state index in [1.54, 1.807) is 54.5 Å². The Morgan fingerprint density at radius 1 is 0.851 bits per heavy atom. The second kappa shape index (κ2) is 26.6. The van der Waals surface area contributed by atoms with Crippen LogP contribution in [0.15, 0.2) is 12.2 Å². The molecule has 14 N–H and O–H groups in total. The minimum Gasteiger partial charge on any atom is -0.481 e. The molecule has 0 aromatic rings. The van der Waals surface area contributed by atoms with Crippen molar-refractivity contribution in [1.82, 2.24) is 42.5 Å². The first-order valence-corrected chi connectivity index (χ1v) is 23.0. The van der Waals surface area contributed by atoms with Crippen molar-refractivity contribution in [1.29, 1.82) is 0 Å². The second-order valence-electron chi connectivity index (χ2n) is 19.4. The van der Waals surface area contributed by atoms with Gasteiger partial charge >= 0.3 is 5.97 Å². The van der Waals surface area contributed by atoms with Gasteiger partial charge in [0.05, 0.1) is 12.5 Å². The Bertz CT molecular complexity index is 1820. The van der Waals surface area contributed by atoms with Crippen molar-refractivity contribution in [3.05, 3.63) is 12.2 Å². The molecule has 380 valence electrons. The Morgan fingerprint density at radius 2 is 1.43 bits per heavy atom. The average Bonchev–Trinajstić information content (AvgIpc) is 3.21. The van der Waals surface area contributed by atoms with Gasteiger partial charge in [-0.2, -0.15) is 0 Å². The number of carboxylic acid groups (broad SMARTS) is 1. The maximum absolute atomic E-state index is 14.2. The highest BCUT2D eigenvalue weighted by Crippen LogP contribution is 2.20. The molecule has 0 aliphatic carbocycles. The molecule has 0 saturated heterocycles. The summed E-state index contributed by atoms with van der Waals surface area (Å²) in [6.07, 6.45) is 2.43. The van der Waals surface area contributed by atoms with Gasteiger partial charge in [0.1, 0.15) is 47.3 Å². The van der Waals surface area contributed by atoms with E-state index in [9.17, 15) is 58.2 Å². The number of nitrogens with two attached hydrogens (primary N) is 2. The van der Waals surface area contributed by atoms with Crippen molar-refractivity contribution < 1.29 is 58.2 Å². The van der Waals surface area contributed by atoms with E-state index in [0.29, 0.717) is 25.7 Å². The molecule has 22 nitrogen and oxygen atoms in total. The molecule has 1 heterocycles. The van der Waals surface area contributed by atoms with Crippen molar-refractivity contribution in [2.24, 2.45) is 23.3 Å². The molecule has 9 amide bonds. The van der Waals surface area contributed by atoms with Crippen molar-refractivity contribution in [2.45, 2.75) is 199 Å². The number of carbonyl (C=O) groups excluding carboxylic acids is 9. The summed E-state index contributed by atoms with van der Waals surface area (Å²) in [7, 11) is 0. The van der Waals surface area contributed by atoms with Crippen LogP contribution in [0.1, 0.15) is 140 Å². The number of aliphatic hydroxyl groups excluding tert-OH is 1. The third-order valence-electron chi connectivity index (χ3n) is 11.5. The van der Waals surface area contributed by atoms with Crippen LogP contribution in [-0.4, -0.2) is 128 Å². The number of rotatable bonds is 16. The summed E-state index contributed by atoms with van der Waals surface area (Å²) in [5.74, 6) is -9.82. The Balaban J connectivity index is 3.78. The molecule has 1 unspecified atom stereocenters. The normalized spacial score (nSPS) is 25.7. The lowest BCUT2D eigenvalue weighted by Gasteiger charge is -2.35. The van der Waals surface area contributed by atoms with Gasteiger partial charge in [-0.15, -0.1) is 0 Å². The van der Waals surface area contributed by atoms with Crippen LogP contribution in [0, 0.1) is 11.8 Å². The zero-order valence-electron chi connectivity index (χ0n) is 41.1. The van der Waals surface area contributed by atoms with E-state index < -0.39 is 130 Å². The lowest BCUT2D eigenvalue weighted by atomic mass is 9.90. The number of nitrogens with one attached hydrogen (secondary N) is 8. The van der Waals surface area contributed by atoms with Gasteiger partial charge in [0.25, 0.3) is 0 Å². The van der Waals surface area contributed by atoms with Crippen molar-refractivity contribution >= 4 is 59.1 Å². The third-order valence-corrected chi connectivity index (χ3v) is 11.5. The molecule has 0 saturated carbocycles. The monoisotopic (exact) mass is 951 g/mol. The van der Waals surface area contributed by atoms with Gasteiger partial charge in [0.15, 0.2) is 0 Å². The Kier molecular flexibility index (Phi) is 23.6. The number of hydrogen-bond donors (Lipinski definition) is 12. The van der Waals surface area contributed by atoms with E-state index in [2.05, 4.69) is 42.5 Å². The number of aliphatic carboxylic acids is 1. The predicted molar refractivity (Wildman–Crippen MR) is 248 cm³/mol. The van der Waals surface area contributed by atoms with Crippen LogP contribution in [0.4, 0.5) is 0 Å². The molecule has 0 aromatic heterocycles. The summed E-state index contributed by atoms with van der Waals surface area (Å²) >= 11 is 0. The average molecular weight is 951 g/mol. The highest BCUT2D eigenvalue weighted by atomic mass is 16.4. The fourth-order valence-electron chi connectivity index (χ4n) is 6.94. The summed E-state index contributed by atoms with van der Waals surface area (Å²) in [5.41, 5.74) is 6.99. The Morgan fingerprint density at radius 3 is 1.94 bits per heavy atom. The van der Waals surface area contributed by atoms with Crippen LogP contribution >= 0.6 is 0 Å². The SMILES string of the molecule is CC[C@H](C)[C@@H]1NC(=O)[C@H](C)NC(=O)[C@@](C)(NC(=O)[C@H](CCC(N)=O)NC(=O)[C@H](N)[C@@H](C)O)CCC/C=C/CCC[C@@](C)(C(=O)NC(C(=O)NC(C)(C)C)C(C)C)NC(=O)[C@H](CC(=O)O)NC1=O. The van der Waals surface area contributed by atoms with Gasteiger partial charge in [-0.25, -0.2) is 0 Å². The van der Waals surface area contributed by atoms with E-state index in [4.69, 9.17) is 11.5 Å². The van der Waals surface area contributed by atoms with E-state index in [1.165, 1.54) is 27.7 Å². The molecule has 1 aliphatic heterocycles. The fraction of sp³-hybridized carbons (Fsp3) is 0.733. The first-order valence-electron chi connectivity index (χ1n) is 23.0. The zero-order valence-corrected chi connectivity index (χ0v) is 41.1. The van der Waals surface area contributed by atoms with Crippen molar-refractivity contribution in [3.63, 3.8) is 0 Å². The van der Waals surface area contributed by atoms with Gasteiger partial charge in [0.2, 0.25) is 53.2 Å². The largest absolute Gasteiger partial charge is 0.481 e. The van der Waals surface area contributed by atoms with Gasteiger partial charge in [-0.05, 0) is 105 Å². The molecular weight excluding hydrogens is 873 g/mol. The quantitative estimate of drug-likeness (QED) is 0.0841. The van der Waals surface area contributed by atoms with Crippen LogP contribution in [0.5, 0.6) is 0 Å². The molecule has 0 fully saturated rings.